The number of benzene rings is 2. The Balaban J connectivity index is 1.72. The first-order valence-electron chi connectivity index (χ1n) is 6.59. The molecule has 2 aromatic carbocycles. The van der Waals surface area contributed by atoms with Crippen molar-refractivity contribution in [1.29, 1.82) is 0 Å². The van der Waals surface area contributed by atoms with Gasteiger partial charge in [0.05, 0.1) is 0 Å². The number of amides is 1. The zero-order valence-electron chi connectivity index (χ0n) is 11.4. The van der Waals surface area contributed by atoms with Crippen LogP contribution in [0.15, 0.2) is 42.5 Å². The van der Waals surface area contributed by atoms with Crippen molar-refractivity contribution in [2.45, 2.75) is 13.0 Å². The highest BCUT2D eigenvalue weighted by Gasteiger charge is 2.27. The van der Waals surface area contributed by atoms with E-state index >= 15 is 0 Å². The molecule has 2 aromatic rings. The van der Waals surface area contributed by atoms with Crippen LogP contribution in [0.4, 0.5) is 5.69 Å². The second kappa shape index (κ2) is 5.93. The molecule has 0 fully saturated rings. The molecule has 0 radical (unpaired) electrons. The maximum absolute atomic E-state index is 12.3. The molecule has 0 saturated heterocycles. The van der Waals surface area contributed by atoms with Gasteiger partial charge in [-0.05, 0) is 65.4 Å². The fourth-order valence-corrected chi connectivity index (χ4v) is 2.78. The highest BCUT2D eigenvalue weighted by atomic mass is 127. The summed E-state index contributed by atoms with van der Waals surface area (Å²) < 4.78 is 12.4. The molecule has 0 aliphatic carbocycles. The van der Waals surface area contributed by atoms with E-state index in [1.165, 1.54) is 0 Å². The molecule has 21 heavy (non-hydrogen) atoms. The van der Waals surface area contributed by atoms with Crippen molar-refractivity contribution in [3.8, 4) is 11.5 Å². The number of rotatable bonds is 2. The van der Waals surface area contributed by atoms with E-state index in [-0.39, 0.29) is 12.5 Å². The first-order valence-corrected chi connectivity index (χ1v) is 7.67. The number of hydrogen-bond acceptors (Lipinski definition) is 3. The SMILES string of the molecule is Cc1cc(I)ccc1NC(=O)[C@H]1COc2ccccc2O1. The van der Waals surface area contributed by atoms with E-state index in [1.807, 2.05) is 43.3 Å². The summed E-state index contributed by atoms with van der Waals surface area (Å²) in [5, 5.41) is 2.89. The van der Waals surface area contributed by atoms with Gasteiger partial charge in [0.25, 0.3) is 5.91 Å². The van der Waals surface area contributed by atoms with Crippen LogP contribution < -0.4 is 14.8 Å². The second-order valence-electron chi connectivity index (χ2n) is 4.81. The van der Waals surface area contributed by atoms with Crippen LogP contribution in [-0.2, 0) is 4.79 Å². The van der Waals surface area contributed by atoms with E-state index in [2.05, 4.69) is 27.9 Å². The number of ether oxygens (including phenoxy) is 2. The van der Waals surface area contributed by atoms with Gasteiger partial charge in [-0.2, -0.15) is 0 Å². The van der Waals surface area contributed by atoms with Crippen LogP contribution in [0.3, 0.4) is 0 Å². The first kappa shape index (κ1) is 14.2. The number of hydrogen-bond donors (Lipinski definition) is 1. The third kappa shape index (κ3) is 3.12. The van der Waals surface area contributed by atoms with Gasteiger partial charge >= 0.3 is 0 Å². The Kier molecular flexibility index (Phi) is 4.01. The molecule has 4 nitrogen and oxygen atoms in total. The van der Waals surface area contributed by atoms with E-state index in [9.17, 15) is 4.79 Å². The molecular weight excluding hydrogens is 381 g/mol. The van der Waals surface area contributed by atoms with Gasteiger partial charge in [-0.25, -0.2) is 0 Å². The predicted molar refractivity (Wildman–Crippen MR) is 88.9 cm³/mol. The lowest BCUT2D eigenvalue weighted by Crippen LogP contribution is -2.40. The summed E-state index contributed by atoms with van der Waals surface area (Å²) >= 11 is 2.24. The van der Waals surface area contributed by atoms with Crippen molar-refractivity contribution in [2.75, 3.05) is 11.9 Å². The van der Waals surface area contributed by atoms with Gasteiger partial charge in [-0.1, -0.05) is 12.1 Å². The monoisotopic (exact) mass is 395 g/mol. The topological polar surface area (TPSA) is 47.6 Å². The quantitative estimate of drug-likeness (QED) is 0.794. The summed E-state index contributed by atoms with van der Waals surface area (Å²) in [6.45, 7) is 2.18. The Hall–Kier alpha value is -1.76. The summed E-state index contributed by atoms with van der Waals surface area (Å²) in [4.78, 5) is 12.3. The van der Waals surface area contributed by atoms with Gasteiger partial charge in [0, 0.05) is 9.26 Å². The number of nitrogens with one attached hydrogen (secondary N) is 1. The van der Waals surface area contributed by atoms with Crippen molar-refractivity contribution in [2.24, 2.45) is 0 Å². The maximum Gasteiger partial charge on any atom is 0.269 e. The van der Waals surface area contributed by atoms with E-state index < -0.39 is 6.10 Å². The molecule has 1 aliphatic heterocycles. The van der Waals surface area contributed by atoms with Crippen molar-refractivity contribution in [3.63, 3.8) is 0 Å². The van der Waals surface area contributed by atoms with Gasteiger partial charge in [-0.15, -0.1) is 0 Å². The van der Waals surface area contributed by atoms with Crippen molar-refractivity contribution in [3.05, 3.63) is 51.6 Å². The Morgan fingerprint density at radius 1 is 1.24 bits per heavy atom. The minimum absolute atomic E-state index is 0.200. The van der Waals surface area contributed by atoms with Gasteiger partial charge in [0.2, 0.25) is 6.10 Å². The van der Waals surface area contributed by atoms with Crippen LogP contribution >= 0.6 is 22.6 Å². The third-order valence-corrected chi connectivity index (χ3v) is 3.92. The van der Waals surface area contributed by atoms with Crippen LogP contribution in [-0.4, -0.2) is 18.6 Å². The van der Waals surface area contributed by atoms with Crippen molar-refractivity contribution in [1.82, 2.24) is 0 Å². The minimum Gasteiger partial charge on any atom is -0.485 e. The number of fused-ring (bicyclic) bond motifs is 1. The molecule has 1 N–H and O–H groups in total. The molecule has 0 unspecified atom stereocenters. The minimum atomic E-state index is -0.640. The average molecular weight is 395 g/mol. The summed E-state index contributed by atoms with van der Waals surface area (Å²) in [5.74, 6) is 1.07. The molecule has 3 rings (SSSR count). The lowest BCUT2D eigenvalue weighted by atomic mass is 10.2. The summed E-state index contributed by atoms with van der Waals surface area (Å²) in [6, 6.07) is 13.2. The standard InChI is InChI=1S/C16H14INO3/c1-10-8-11(17)6-7-12(10)18-16(19)15-9-20-13-4-2-3-5-14(13)21-15/h2-8,15H,9H2,1H3,(H,18,19)/t15-/m1/s1. The number of anilines is 1. The highest BCUT2D eigenvalue weighted by molar-refractivity contribution is 14.1. The molecule has 5 heteroatoms. The van der Waals surface area contributed by atoms with Gasteiger partial charge in [0.15, 0.2) is 11.5 Å². The predicted octanol–water partition coefficient (Wildman–Crippen LogP) is 3.38. The summed E-state index contributed by atoms with van der Waals surface area (Å²) in [7, 11) is 0. The number of aryl methyl sites for hydroxylation is 1. The summed E-state index contributed by atoms with van der Waals surface area (Å²) in [5.41, 5.74) is 1.82. The average Bonchev–Trinajstić information content (AvgIpc) is 2.49. The van der Waals surface area contributed by atoms with E-state index in [0.717, 1.165) is 14.8 Å². The summed E-state index contributed by atoms with van der Waals surface area (Å²) in [6.07, 6.45) is -0.640. The molecule has 1 amide bonds. The number of para-hydroxylation sites is 2. The lowest BCUT2D eigenvalue weighted by molar-refractivity contribution is -0.125. The zero-order chi connectivity index (χ0) is 14.8. The molecule has 0 bridgehead atoms. The fourth-order valence-electron chi connectivity index (χ4n) is 2.13. The maximum atomic E-state index is 12.3. The Labute approximate surface area is 136 Å². The van der Waals surface area contributed by atoms with Crippen LogP contribution in [0, 0.1) is 10.5 Å². The van der Waals surface area contributed by atoms with E-state index in [1.54, 1.807) is 6.07 Å². The van der Waals surface area contributed by atoms with Gasteiger partial charge < -0.3 is 14.8 Å². The molecule has 1 atom stereocenters. The Bertz CT molecular complexity index is 687. The third-order valence-electron chi connectivity index (χ3n) is 3.25. The first-order chi connectivity index (χ1) is 10.1. The van der Waals surface area contributed by atoms with Crippen LogP contribution in [0.25, 0.3) is 0 Å². The normalized spacial score (nSPS) is 16.4. The molecule has 1 aliphatic rings. The number of carbonyl (C=O) groups excluding carboxylic acids is 1. The largest absolute Gasteiger partial charge is 0.485 e. The molecule has 108 valence electrons. The number of carbonyl (C=O) groups is 1. The molecule has 0 saturated carbocycles. The van der Waals surface area contributed by atoms with E-state index in [0.29, 0.717) is 11.5 Å². The van der Waals surface area contributed by atoms with Crippen LogP contribution in [0.1, 0.15) is 5.56 Å². The molecule has 0 spiro atoms. The lowest BCUT2D eigenvalue weighted by Gasteiger charge is -2.25. The zero-order valence-corrected chi connectivity index (χ0v) is 13.6. The molecular formula is C16H14INO3. The Morgan fingerprint density at radius 2 is 2.00 bits per heavy atom. The molecule has 1 heterocycles. The van der Waals surface area contributed by atoms with Crippen LogP contribution in [0.2, 0.25) is 0 Å². The van der Waals surface area contributed by atoms with Gasteiger partial charge in [0.1, 0.15) is 6.61 Å². The van der Waals surface area contributed by atoms with Gasteiger partial charge in [-0.3, -0.25) is 4.79 Å². The highest BCUT2D eigenvalue weighted by Crippen LogP contribution is 2.31. The second-order valence-corrected chi connectivity index (χ2v) is 6.06. The Morgan fingerprint density at radius 3 is 2.76 bits per heavy atom. The van der Waals surface area contributed by atoms with Crippen molar-refractivity contribution < 1.29 is 14.3 Å². The van der Waals surface area contributed by atoms with Crippen LogP contribution in [0.5, 0.6) is 11.5 Å². The smallest absolute Gasteiger partial charge is 0.269 e. The van der Waals surface area contributed by atoms with Crippen molar-refractivity contribution >= 4 is 34.2 Å². The fraction of sp³-hybridized carbons (Fsp3) is 0.188. The van der Waals surface area contributed by atoms with E-state index in [4.69, 9.17) is 9.47 Å². The number of halogens is 1. The molecule has 0 aromatic heterocycles.